The van der Waals surface area contributed by atoms with Crippen LogP contribution in [0.4, 0.5) is 11.4 Å². The molecule has 2 atom stereocenters. The molecule has 1 N–H and O–H groups in total. The molecular weight excluding hydrogens is 382 g/mol. The van der Waals surface area contributed by atoms with Crippen LogP contribution in [0.15, 0.2) is 48.5 Å². The summed E-state index contributed by atoms with van der Waals surface area (Å²) in [5, 5.41) is 3.26. The fraction of sp³-hybridized carbons (Fsp3) is 0.519. The summed E-state index contributed by atoms with van der Waals surface area (Å²) in [6.07, 6.45) is 4.44. The van der Waals surface area contributed by atoms with E-state index in [0.29, 0.717) is 0 Å². The van der Waals surface area contributed by atoms with Crippen molar-refractivity contribution in [1.29, 1.82) is 0 Å². The Bertz CT molecular complexity index is 853. The van der Waals surface area contributed by atoms with Crippen LogP contribution in [-0.2, 0) is 4.79 Å². The molecule has 0 radical (unpaired) electrons. The lowest BCUT2D eigenvalue weighted by atomic mass is 9.94. The van der Waals surface area contributed by atoms with Crippen LogP contribution in [0, 0.1) is 18.8 Å². The van der Waals surface area contributed by atoms with E-state index in [4.69, 9.17) is 0 Å². The summed E-state index contributed by atoms with van der Waals surface area (Å²) in [5.74, 6) is 1.08. The third kappa shape index (κ3) is 5.41. The molecule has 0 bridgehead atoms. The van der Waals surface area contributed by atoms with Crippen molar-refractivity contribution >= 4 is 17.3 Å². The van der Waals surface area contributed by atoms with Crippen LogP contribution in [0.2, 0.25) is 0 Å². The first kappa shape index (κ1) is 21.7. The van der Waals surface area contributed by atoms with Gasteiger partial charge in [0.2, 0.25) is 5.91 Å². The molecule has 2 aromatic carbocycles. The van der Waals surface area contributed by atoms with Crippen molar-refractivity contribution in [3.05, 3.63) is 59.7 Å². The van der Waals surface area contributed by atoms with Gasteiger partial charge in [0, 0.05) is 43.5 Å². The molecule has 4 rings (SSSR count). The molecule has 2 aliphatic rings. The van der Waals surface area contributed by atoms with Crippen molar-refractivity contribution in [2.75, 3.05) is 36.0 Å². The number of benzene rings is 2. The summed E-state index contributed by atoms with van der Waals surface area (Å²) in [7, 11) is 0. The predicted molar refractivity (Wildman–Crippen MR) is 130 cm³/mol. The number of piperidine rings is 2. The van der Waals surface area contributed by atoms with Crippen molar-refractivity contribution in [3.8, 4) is 0 Å². The highest BCUT2D eigenvalue weighted by atomic mass is 16.1. The number of rotatable bonds is 5. The van der Waals surface area contributed by atoms with E-state index < -0.39 is 0 Å². The van der Waals surface area contributed by atoms with Gasteiger partial charge in [0.05, 0.1) is 6.04 Å². The molecular formula is C27H37N3O. The largest absolute Gasteiger partial charge is 0.371 e. The first-order chi connectivity index (χ1) is 15.0. The highest BCUT2D eigenvalue weighted by Gasteiger charge is 2.26. The van der Waals surface area contributed by atoms with Crippen molar-refractivity contribution in [2.45, 2.75) is 52.5 Å². The number of carbonyl (C=O) groups excluding carboxylic acids is 1. The molecule has 4 heteroatoms. The lowest BCUT2D eigenvalue weighted by Gasteiger charge is -2.34. The van der Waals surface area contributed by atoms with E-state index in [1.54, 1.807) is 0 Å². The van der Waals surface area contributed by atoms with Crippen molar-refractivity contribution < 1.29 is 4.79 Å². The molecule has 0 unspecified atom stereocenters. The van der Waals surface area contributed by atoms with Gasteiger partial charge in [-0.15, -0.1) is 0 Å². The smallest absolute Gasteiger partial charge is 0.223 e. The van der Waals surface area contributed by atoms with E-state index in [1.165, 1.54) is 35.3 Å². The summed E-state index contributed by atoms with van der Waals surface area (Å²) in [4.78, 5) is 17.8. The third-order valence-corrected chi connectivity index (χ3v) is 7.04. The molecule has 2 fully saturated rings. The third-order valence-electron chi connectivity index (χ3n) is 7.04. The summed E-state index contributed by atoms with van der Waals surface area (Å²) in [6.45, 7) is 10.7. The quantitative estimate of drug-likeness (QED) is 0.712. The number of carbonyl (C=O) groups is 1. The standard InChI is InChI=1S/C27H37N3O/c1-20-6-10-25(11-7-20)29-17-14-24(15-18-29)27(31)28-22(3)23-8-12-26(13-9-23)30-16-4-5-21(2)19-30/h6-13,21-22,24H,4-5,14-19H2,1-3H3,(H,28,31)/t21-,22-/m1/s1. The Balaban J connectivity index is 1.28. The number of hydrogen-bond donors (Lipinski definition) is 1. The minimum atomic E-state index is 0.0388. The minimum absolute atomic E-state index is 0.0388. The van der Waals surface area contributed by atoms with Gasteiger partial charge in [0.1, 0.15) is 0 Å². The van der Waals surface area contributed by atoms with E-state index in [0.717, 1.165) is 44.9 Å². The van der Waals surface area contributed by atoms with Gasteiger partial charge in [-0.1, -0.05) is 36.8 Å². The fourth-order valence-corrected chi connectivity index (χ4v) is 4.97. The molecule has 2 heterocycles. The Labute approximate surface area is 187 Å². The predicted octanol–water partition coefficient (Wildman–Crippen LogP) is 5.33. The molecule has 31 heavy (non-hydrogen) atoms. The Kier molecular flexibility index (Phi) is 6.84. The van der Waals surface area contributed by atoms with Crippen LogP contribution in [0.5, 0.6) is 0 Å². The van der Waals surface area contributed by atoms with Crippen molar-refractivity contribution in [1.82, 2.24) is 5.32 Å². The minimum Gasteiger partial charge on any atom is -0.371 e. The zero-order chi connectivity index (χ0) is 21.8. The second-order valence-corrected chi connectivity index (χ2v) is 9.61. The van der Waals surface area contributed by atoms with Gasteiger partial charge >= 0.3 is 0 Å². The zero-order valence-corrected chi connectivity index (χ0v) is 19.3. The number of nitrogens with one attached hydrogen (secondary N) is 1. The maximum atomic E-state index is 12.9. The first-order valence-corrected chi connectivity index (χ1v) is 12.0. The molecule has 0 saturated carbocycles. The highest BCUT2D eigenvalue weighted by molar-refractivity contribution is 5.79. The van der Waals surface area contributed by atoms with Gasteiger partial charge in [-0.05, 0) is 75.3 Å². The van der Waals surface area contributed by atoms with Crippen LogP contribution in [0.3, 0.4) is 0 Å². The van der Waals surface area contributed by atoms with Gasteiger partial charge < -0.3 is 15.1 Å². The van der Waals surface area contributed by atoms with E-state index in [2.05, 4.69) is 84.4 Å². The Hall–Kier alpha value is -2.49. The maximum absolute atomic E-state index is 12.9. The van der Waals surface area contributed by atoms with Crippen LogP contribution < -0.4 is 15.1 Å². The average Bonchev–Trinajstić information content (AvgIpc) is 2.80. The van der Waals surface area contributed by atoms with Gasteiger partial charge in [0.25, 0.3) is 0 Å². The van der Waals surface area contributed by atoms with E-state index >= 15 is 0 Å². The van der Waals surface area contributed by atoms with Crippen molar-refractivity contribution in [3.63, 3.8) is 0 Å². The van der Waals surface area contributed by atoms with E-state index in [1.807, 2.05) is 0 Å². The topological polar surface area (TPSA) is 35.6 Å². The summed E-state index contributed by atoms with van der Waals surface area (Å²) in [5.41, 5.74) is 5.03. The average molecular weight is 420 g/mol. The fourth-order valence-electron chi connectivity index (χ4n) is 4.97. The lowest BCUT2D eigenvalue weighted by molar-refractivity contribution is -0.126. The van der Waals surface area contributed by atoms with Crippen molar-refractivity contribution in [2.24, 2.45) is 11.8 Å². The molecule has 166 valence electrons. The number of amides is 1. The normalized spacial score (nSPS) is 21.1. The second-order valence-electron chi connectivity index (χ2n) is 9.61. The lowest BCUT2D eigenvalue weighted by Crippen LogP contribution is -2.41. The summed E-state index contributed by atoms with van der Waals surface area (Å²) >= 11 is 0. The van der Waals surface area contributed by atoms with Crippen LogP contribution in [0.25, 0.3) is 0 Å². The van der Waals surface area contributed by atoms with E-state index in [9.17, 15) is 4.79 Å². The zero-order valence-electron chi connectivity index (χ0n) is 19.3. The molecule has 0 spiro atoms. The molecule has 2 aromatic rings. The molecule has 2 aliphatic heterocycles. The second kappa shape index (κ2) is 9.76. The van der Waals surface area contributed by atoms with Gasteiger partial charge in [0.15, 0.2) is 0 Å². The SMILES string of the molecule is Cc1ccc(N2CCC(C(=O)N[C@H](C)c3ccc(N4CCC[C@@H](C)C4)cc3)CC2)cc1. The molecule has 4 nitrogen and oxygen atoms in total. The highest BCUT2D eigenvalue weighted by Crippen LogP contribution is 2.26. The Morgan fingerprint density at radius 1 is 0.903 bits per heavy atom. The first-order valence-electron chi connectivity index (χ1n) is 12.0. The number of hydrogen-bond acceptors (Lipinski definition) is 3. The van der Waals surface area contributed by atoms with E-state index in [-0.39, 0.29) is 17.9 Å². The Morgan fingerprint density at radius 2 is 1.52 bits per heavy atom. The van der Waals surface area contributed by atoms with Gasteiger partial charge in [-0.2, -0.15) is 0 Å². The van der Waals surface area contributed by atoms with Crippen LogP contribution >= 0.6 is 0 Å². The number of nitrogens with zero attached hydrogens (tertiary/aromatic N) is 2. The van der Waals surface area contributed by atoms with Gasteiger partial charge in [-0.25, -0.2) is 0 Å². The molecule has 0 aromatic heterocycles. The van der Waals surface area contributed by atoms with Crippen LogP contribution in [0.1, 0.15) is 56.7 Å². The maximum Gasteiger partial charge on any atom is 0.223 e. The number of anilines is 2. The summed E-state index contributed by atoms with van der Waals surface area (Å²) < 4.78 is 0. The Morgan fingerprint density at radius 3 is 2.16 bits per heavy atom. The number of aryl methyl sites for hydroxylation is 1. The summed E-state index contributed by atoms with van der Waals surface area (Å²) in [6, 6.07) is 17.5. The monoisotopic (exact) mass is 419 g/mol. The molecule has 2 saturated heterocycles. The molecule has 0 aliphatic carbocycles. The molecule has 1 amide bonds. The van der Waals surface area contributed by atoms with Crippen LogP contribution in [-0.4, -0.2) is 32.1 Å². The van der Waals surface area contributed by atoms with Gasteiger partial charge in [-0.3, -0.25) is 4.79 Å².